The predicted molar refractivity (Wildman–Crippen MR) is 378 cm³/mol. The Kier molecular flexibility index (Phi) is 29.8. The zero-order chi connectivity index (χ0) is 77.8. The summed E-state index contributed by atoms with van der Waals surface area (Å²) in [4.78, 5) is 103. The number of ether oxygens (including phenoxy) is 5. The number of benzene rings is 3. The number of H-pyrrole nitrogens is 1. The lowest BCUT2D eigenvalue weighted by atomic mass is 9.81. The van der Waals surface area contributed by atoms with Crippen LogP contribution in [0, 0.1) is 17.8 Å². The Hall–Kier alpha value is -8.97. The number of phosphoric ester groups is 1. The molecule has 3 amide bonds. The predicted octanol–water partition coefficient (Wildman–Crippen LogP) is 6.18. The van der Waals surface area contributed by atoms with E-state index in [1.165, 1.54) is 47.2 Å². The number of nitrogens with zero attached hydrogens (tertiary/aromatic N) is 10. The van der Waals surface area contributed by atoms with Crippen LogP contribution >= 0.6 is 23.5 Å². The second-order valence-corrected chi connectivity index (χ2v) is 30.9. The molecule has 6 atom stereocenters. The molecule has 0 aliphatic carbocycles. The summed E-state index contributed by atoms with van der Waals surface area (Å²) in [5.41, 5.74) is 26.5. The number of allylic oxidation sites excluding steroid dienone is 6. The van der Waals surface area contributed by atoms with Gasteiger partial charge in [0.2, 0.25) is 23.5 Å². The number of hydrogen-bond acceptors (Lipinski definition) is 24. The maximum absolute atomic E-state index is 13.2. The number of aromatic amines is 1. The summed E-state index contributed by atoms with van der Waals surface area (Å²) in [7, 11) is -26.1. The van der Waals surface area contributed by atoms with Crippen molar-refractivity contribution in [2.24, 2.45) is 16.1 Å². The molecule has 7 rings (SSSR count). The van der Waals surface area contributed by atoms with Crippen molar-refractivity contribution in [3.8, 4) is 17.6 Å². The molecule has 572 valence electrons. The molecule has 45 heteroatoms. The molecule has 4 unspecified atom stereocenters. The van der Waals surface area contributed by atoms with E-state index in [0.29, 0.717) is 25.2 Å². The summed E-state index contributed by atoms with van der Waals surface area (Å²) >= 11 is 0. The van der Waals surface area contributed by atoms with Gasteiger partial charge in [0.15, 0.2) is 17.6 Å². The van der Waals surface area contributed by atoms with Crippen LogP contribution in [0.15, 0.2) is 134 Å². The number of aromatic nitrogens is 3. The molecule has 0 spiro atoms. The van der Waals surface area contributed by atoms with Crippen molar-refractivity contribution in [2.45, 2.75) is 93.8 Å². The minimum Gasteiger partial charge on any atom is -0.491 e. The normalized spacial score (nSPS) is 17.4. The quantitative estimate of drug-likeness (QED) is 0.00241. The molecule has 1 saturated heterocycles. The van der Waals surface area contributed by atoms with E-state index in [9.17, 15) is 74.1 Å². The maximum atomic E-state index is 13.2. The van der Waals surface area contributed by atoms with Gasteiger partial charge in [-0.2, -0.15) is 35.0 Å². The summed E-state index contributed by atoms with van der Waals surface area (Å²) in [6.07, 6.45) is 6.09. The van der Waals surface area contributed by atoms with Gasteiger partial charge in [0, 0.05) is 83.1 Å². The Morgan fingerprint density at radius 1 is 0.934 bits per heavy atom. The third-order valence-electron chi connectivity index (χ3n) is 15.5. The fourth-order valence-corrected chi connectivity index (χ4v) is 14.9. The highest BCUT2D eigenvalue weighted by Crippen LogP contribution is 2.66. The van der Waals surface area contributed by atoms with Gasteiger partial charge < -0.3 is 74.4 Å². The number of anilines is 2. The lowest BCUT2D eigenvalue weighted by Crippen LogP contribution is -2.35. The van der Waals surface area contributed by atoms with Crippen LogP contribution in [0.2, 0.25) is 0 Å². The molecule has 1 fully saturated rings. The standard InChI is InChI=1S/C61H76N15O25P3S2/c1-6-74-48-24-23-45(106(91,92)93)32-46(48)61(4,5)51(74)17-9-7-8-16-47(39(2)3)75(42-19-21-44(22-20-42)105(88,89)90)28-12-18-52(77)66-26-27-67-58(79)40-13-10-15-43(31-40)96-37-54(71-73-64)95-30-29-94-36-53(78)65-25-11-14-41-34-76(57-56(41)59(80)70-60(62)69-57)55-33-49(97-38-68-72-63)50(99-55)35-98-103(84,85)101-104(86,87)100-102(81,82)83/h7-10,13,15-17,19-24,31-32,34,39,49-50,54-55H,6,12,18,25-30,33,35-38H2,1-5H3,(H11-,62,65,66,67,69,70,77,78,79,80,81,82,83,84,85,86,87,88,89,90,91,92,93)/p+1/t49?,50-,54?,55-/m1/s1. The SMILES string of the molecule is CC[N+]1=C(/C=C/C=C/C=C(\C(C)C)N(CCCC(=O)NCCNC(=O)c2cccc(OCC(N=[N+]=[N-])OCCOCC(=O)NCC#Cc3cn([C@H]4CC(OCN=[N+]=[N-])[C@@H](COP(=O)(O)OP(=O)(O)OP(=O)(O)O)O4)c4nc(N)[nH]c(=O)c34)c2)c2ccc(S(=O)(=O)O)cc2)C(C)(C)c2cc(S(=O)(=O)O)ccc21. The van der Waals surface area contributed by atoms with E-state index in [4.69, 9.17) is 49.3 Å². The summed E-state index contributed by atoms with van der Waals surface area (Å²) in [6, 6.07) is 16.3. The minimum atomic E-state index is -5.87. The van der Waals surface area contributed by atoms with Crippen molar-refractivity contribution in [3.05, 3.63) is 157 Å². The Labute approximate surface area is 605 Å². The van der Waals surface area contributed by atoms with E-state index in [1.807, 2.05) is 69.9 Å². The topological polar surface area (TPSA) is 582 Å². The van der Waals surface area contributed by atoms with Crippen LogP contribution in [0.25, 0.3) is 31.9 Å². The van der Waals surface area contributed by atoms with Gasteiger partial charge >= 0.3 is 23.5 Å². The van der Waals surface area contributed by atoms with Gasteiger partial charge in [0.1, 0.15) is 44.6 Å². The lowest BCUT2D eigenvalue weighted by Gasteiger charge is -2.30. The number of rotatable bonds is 39. The fourth-order valence-electron chi connectivity index (χ4n) is 10.9. The molecule has 106 heavy (non-hydrogen) atoms. The van der Waals surface area contributed by atoms with Gasteiger partial charge in [0.25, 0.3) is 31.7 Å². The third-order valence-corrected chi connectivity index (χ3v) is 21.1. The zero-order valence-corrected chi connectivity index (χ0v) is 61.6. The van der Waals surface area contributed by atoms with Crippen LogP contribution in [0.4, 0.5) is 17.3 Å². The maximum Gasteiger partial charge on any atom is 0.490 e. The fraction of sp³-hybridized carbons (Fsp3) is 0.410. The summed E-state index contributed by atoms with van der Waals surface area (Å²) in [5.74, 6) is 3.81. The first-order valence-electron chi connectivity index (χ1n) is 31.8. The average Bonchev–Trinajstić information content (AvgIpc) is 1.59. The highest BCUT2D eigenvalue weighted by atomic mass is 32.2. The van der Waals surface area contributed by atoms with Crippen molar-refractivity contribution >= 4 is 95.5 Å². The number of azide groups is 2. The minimum absolute atomic E-state index is 0.0484. The third kappa shape index (κ3) is 24.5. The second kappa shape index (κ2) is 37.5. The molecule has 3 aromatic carbocycles. The van der Waals surface area contributed by atoms with E-state index in [-0.39, 0.29) is 108 Å². The van der Waals surface area contributed by atoms with Gasteiger partial charge in [-0.05, 0) is 105 Å². The largest absolute Gasteiger partial charge is 0.491 e. The summed E-state index contributed by atoms with van der Waals surface area (Å²) in [6.45, 7) is 7.94. The number of fused-ring (bicyclic) bond motifs is 2. The number of nitrogens with one attached hydrogen (secondary N) is 4. The van der Waals surface area contributed by atoms with Crippen LogP contribution in [-0.4, -0.2) is 179 Å². The number of nitrogen functional groups attached to an aromatic ring is 1. The molecule has 0 radical (unpaired) electrons. The molecule has 12 N–H and O–H groups in total. The highest BCUT2D eigenvalue weighted by Gasteiger charge is 2.46. The van der Waals surface area contributed by atoms with E-state index < -0.39 is 111 Å². The van der Waals surface area contributed by atoms with Crippen LogP contribution < -0.4 is 36.9 Å². The van der Waals surface area contributed by atoms with Gasteiger partial charge in [0.05, 0.1) is 58.6 Å². The first kappa shape index (κ1) is 84.3. The molecule has 40 nitrogen and oxygen atoms in total. The number of amides is 3. The number of carbonyl (C=O) groups is 3. The first-order chi connectivity index (χ1) is 49.9. The van der Waals surface area contributed by atoms with Crippen molar-refractivity contribution in [2.75, 3.05) is 83.1 Å². The molecule has 2 aliphatic heterocycles. The number of phosphoric acid groups is 3. The number of carbonyl (C=O) groups excluding carboxylic acids is 3. The molecule has 2 aromatic heterocycles. The van der Waals surface area contributed by atoms with Crippen LogP contribution in [0.5, 0.6) is 5.75 Å². The molecule has 5 aromatic rings. The summed E-state index contributed by atoms with van der Waals surface area (Å²) in [5, 5.41) is 14.8. The van der Waals surface area contributed by atoms with Gasteiger partial charge in [-0.3, -0.25) is 37.8 Å². The van der Waals surface area contributed by atoms with Crippen LogP contribution in [0.3, 0.4) is 0 Å². The van der Waals surface area contributed by atoms with E-state index in [1.54, 1.807) is 30.3 Å². The van der Waals surface area contributed by atoms with Gasteiger partial charge in [-0.25, -0.2) is 13.7 Å². The van der Waals surface area contributed by atoms with Crippen molar-refractivity contribution < 1.29 is 115 Å². The Bertz CT molecular complexity index is 4810. The Morgan fingerprint density at radius 2 is 1.65 bits per heavy atom. The van der Waals surface area contributed by atoms with Crippen LogP contribution in [-0.2, 0) is 81.0 Å². The van der Waals surface area contributed by atoms with E-state index >= 15 is 0 Å². The Morgan fingerprint density at radius 3 is 2.33 bits per heavy atom. The van der Waals surface area contributed by atoms with Gasteiger partial charge in [-0.1, -0.05) is 60.2 Å². The molecular weight excluding hydrogens is 1500 g/mol. The molecule has 4 heterocycles. The number of hydrogen-bond donors (Lipinski definition) is 11. The van der Waals surface area contributed by atoms with E-state index in [0.717, 1.165) is 22.7 Å². The van der Waals surface area contributed by atoms with Gasteiger partial charge in [-0.15, -0.1) is 0 Å². The Balaban J connectivity index is 0.843. The van der Waals surface area contributed by atoms with E-state index in [2.05, 4.69) is 71.0 Å². The molecule has 2 aliphatic rings. The molecule has 0 saturated carbocycles. The molecular formula is C61H77N15O25P3S2+. The zero-order valence-electron chi connectivity index (χ0n) is 57.2. The number of nitrogens with two attached hydrogens (primary N) is 1. The highest BCUT2D eigenvalue weighted by molar-refractivity contribution is 7.86. The first-order valence-corrected chi connectivity index (χ1v) is 39.2. The summed E-state index contributed by atoms with van der Waals surface area (Å²) < 4.78 is 146. The van der Waals surface area contributed by atoms with Crippen molar-refractivity contribution in [1.29, 1.82) is 0 Å². The monoisotopic (exact) mass is 1580 g/mol. The lowest BCUT2D eigenvalue weighted by molar-refractivity contribution is -0.433. The van der Waals surface area contributed by atoms with Crippen LogP contribution in [0.1, 0.15) is 81.6 Å². The smallest absolute Gasteiger partial charge is 0.490 e. The van der Waals surface area contributed by atoms with Crippen molar-refractivity contribution in [3.63, 3.8) is 0 Å². The second-order valence-electron chi connectivity index (χ2n) is 23.6. The molecule has 0 bridgehead atoms. The van der Waals surface area contributed by atoms with Crippen molar-refractivity contribution in [1.82, 2.24) is 30.5 Å². The average molecular weight is 1580 g/mol.